The number of nitrogens with zero attached hydrogens (tertiary/aromatic N) is 5. The number of rotatable bonds is 8. The summed E-state index contributed by atoms with van der Waals surface area (Å²) in [6.45, 7) is 6.86. The van der Waals surface area contributed by atoms with E-state index in [4.69, 9.17) is 4.74 Å². The van der Waals surface area contributed by atoms with Crippen LogP contribution >= 0.6 is 11.3 Å². The van der Waals surface area contributed by atoms with Gasteiger partial charge in [0.25, 0.3) is 0 Å². The summed E-state index contributed by atoms with van der Waals surface area (Å²) in [5.41, 5.74) is 2.27. The Labute approximate surface area is 161 Å². The van der Waals surface area contributed by atoms with E-state index in [1.165, 1.54) is 17.7 Å². The summed E-state index contributed by atoms with van der Waals surface area (Å²) in [6, 6.07) is 6.13. The van der Waals surface area contributed by atoms with Crippen LogP contribution in [0.5, 0.6) is 5.75 Å². The minimum absolute atomic E-state index is 0.125. The van der Waals surface area contributed by atoms with Gasteiger partial charge in [-0.2, -0.15) is 5.10 Å². The van der Waals surface area contributed by atoms with E-state index in [-0.39, 0.29) is 11.8 Å². The highest BCUT2D eigenvalue weighted by molar-refractivity contribution is 7.15. The highest BCUT2D eigenvalue weighted by Gasteiger charge is 2.16. The molecule has 0 bridgehead atoms. The average molecular weight is 386 g/mol. The van der Waals surface area contributed by atoms with Crippen LogP contribution in [0.15, 0.2) is 30.9 Å². The third-order valence-electron chi connectivity index (χ3n) is 3.99. The summed E-state index contributed by atoms with van der Waals surface area (Å²) >= 11 is 1.36. The lowest BCUT2D eigenvalue weighted by molar-refractivity contribution is -0.119. The zero-order chi connectivity index (χ0) is 19.2. The van der Waals surface area contributed by atoms with E-state index in [2.05, 4.69) is 31.7 Å². The quantitative estimate of drug-likeness (QED) is 0.639. The van der Waals surface area contributed by atoms with Crippen molar-refractivity contribution in [1.29, 1.82) is 0 Å². The summed E-state index contributed by atoms with van der Waals surface area (Å²) in [6.07, 6.45) is 3.67. The zero-order valence-corrected chi connectivity index (χ0v) is 16.4. The molecule has 1 aromatic carbocycles. The fraction of sp³-hybridized carbons (Fsp3) is 0.389. The molecule has 3 rings (SSSR count). The molecule has 3 aromatic rings. The predicted molar refractivity (Wildman–Crippen MR) is 103 cm³/mol. The summed E-state index contributed by atoms with van der Waals surface area (Å²) in [7, 11) is 0. The molecule has 0 saturated carbocycles. The topological polar surface area (TPSA) is 94.8 Å². The number of carbonyl (C=O) groups is 1. The van der Waals surface area contributed by atoms with Gasteiger partial charge in [-0.3, -0.25) is 9.48 Å². The second-order valence-electron chi connectivity index (χ2n) is 6.38. The SMILES string of the molecule is Cc1ccc(C)c(OCCc2nnc(NC(=O)C(C)Cn3cncn3)s2)c1. The lowest BCUT2D eigenvalue weighted by atomic mass is 10.1. The molecular formula is C18H22N6O2S. The van der Waals surface area contributed by atoms with Crippen molar-refractivity contribution in [2.45, 2.75) is 33.7 Å². The normalized spacial score (nSPS) is 12.0. The van der Waals surface area contributed by atoms with Gasteiger partial charge in [0.05, 0.1) is 19.1 Å². The number of nitrogens with one attached hydrogen (secondary N) is 1. The Balaban J connectivity index is 1.48. The summed E-state index contributed by atoms with van der Waals surface area (Å²) in [4.78, 5) is 16.1. The van der Waals surface area contributed by atoms with Gasteiger partial charge in [-0.1, -0.05) is 30.4 Å². The van der Waals surface area contributed by atoms with Gasteiger partial charge in [0, 0.05) is 6.42 Å². The number of hydrogen-bond donors (Lipinski definition) is 1. The van der Waals surface area contributed by atoms with Crippen LogP contribution in [-0.4, -0.2) is 37.5 Å². The Hall–Kier alpha value is -2.81. The van der Waals surface area contributed by atoms with Gasteiger partial charge < -0.3 is 10.1 Å². The van der Waals surface area contributed by atoms with Crippen LogP contribution in [-0.2, 0) is 17.8 Å². The van der Waals surface area contributed by atoms with Crippen molar-refractivity contribution in [3.63, 3.8) is 0 Å². The van der Waals surface area contributed by atoms with Crippen molar-refractivity contribution in [3.05, 3.63) is 47.0 Å². The number of hydrogen-bond acceptors (Lipinski definition) is 7. The van der Waals surface area contributed by atoms with Gasteiger partial charge in [0.1, 0.15) is 23.4 Å². The van der Waals surface area contributed by atoms with E-state index in [1.54, 1.807) is 11.0 Å². The molecule has 0 aliphatic carbocycles. The summed E-state index contributed by atoms with van der Waals surface area (Å²) in [5, 5.41) is 16.3. The second kappa shape index (κ2) is 8.72. The molecule has 27 heavy (non-hydrogen) atoms. The van der Waals surface area contributed by atoms with E-state index in [1.807, 2.05) is 32.9 Å². The fourth-order valence-corrected chi connectivity index (χ4v) is 3.16. The van der Waals surface area contributed by atoms with Crippen molar-refractivity contribution < 1.29 is 9.53 Å². The van der Waals surface area contributed by atoms with E-state index in [0.717, 1.165) is 21.9 Å². The van der Waals surface area contributed by atoms with Gasteiger partial charge in [-0.15, -0.1) is 10.2 Å². The number of amides is 1. The van der Waals surface area contributed by atoms with Crippen LogP contribution < -0.4 is 10.1 Å². The minimum Gasteiger partial charge on any atom is -0.493 e. The van der Waals surface area contributed by atoms with Crippen LogP contribution in [0.3, 0.4) is 0 Å². The molecular weight excluding hydrogens is 364 g/mol. The molecule has 142 valence electrons. The van der Waals surface area contributed by atoms with Crippen LogP contribution in [0.4, 0.5) is 5.13 Å². The van der Waals surface area contributed by atoms with E-state index < -0.39 is 0 Å². The van der Waals surface area contributed by atoms with Crippen LogP contribution in [0, 0.1) is 19.8 Å². The lowest BCUT2D eigenvalue weighted by Crippen LogP contribution is -2.24. The van der Waals surface area contributed by atoms with Crippen LogP contribution in [0.25, 0.3) is 0 Å². The molecule has 1 atom stereocenters. The number of aromatic nitrogens is 5. The van der Waals surface area contributed by atoms with Crippen molar-refractivity contribution in [3.8, 4) is 5.75 Å². The van der Waals surface area contributed by atoms with Gasteiger partial charge in [-0.05, 0) is 31.0 Å². The standard InChI is InChI=1S/C18H22N6O2S/c1-12-4-5-13(2)15(8-12)26-7-6-16-22-23-18(27-16)21-17(25)14(3)9-24-11-19-10-20-24/h4-5,8,10-11,14H,6-7,9H2,1-3H3,(H,21,23,25). The molecule has 0 aliphatic heterocycles. The molecule has 0 spiro atoms. The molecule has 1 N–H and O–H groups in total. The smallest absolute Gasteiger partial charge is 0.230 e. The first-order valence-electron chi connectivity index (χ1n) is 8.67. The first kappa shape index (κ1) is 19.0. The third-order valence-corrected chi connectivity index (χ3v) is 4.89. The predicted octanol–water partition coefficient (Wildman–Crippen LogP) is 2.64. The van der Waals surface area contributed by atoms with Crippen molar-refractivity contribution in [1.82, 2.24) is 25.0 Å². The number of benzene rings is 1. The number of anilines is 1. The maximum Gasteiger partial charge on any atom is 0.230 e. The third kappa shape index (κ3) is 5.33. The summed E-state index contributed by atoms with van der Waals surface area (Å²) < 4.78 is 7.47. The Bertz CT molecular complexity index is 893. The van der Waals surface area contributed by atoms with Crippen molar-refractivity contribution in [2.75, 3.05) is 11.9 Å². The Morgan fingerprint density at radius 3 is 2.96 bits per heavy atom. The van der Waals surface area contributed by atoms with Crippen LogP contribution in [0.2, 0.25) is 0 Å². The monoisotopic (exact) mass is 386 g/mol. The minimum atomic E-state index is -0.258. The van der Waals surface area contributed by atoms with Crippen molar-refractivity contribution >= 4 is 22.4 Å². The Morgan fingerprint density at radius 1 is 1.33 bits per heavy atom. The van der Waals surface area contributed by atoms with Gasteiger partial charge in [0.2, 0.25) is 11.0 Å². The first-order chi connectivity index (χ1) is 13.0. The molecule has 0 saturated heterocycles. The molecule has 9 heteroatoms. The lowest BCUT2D eigenvalue weighted by Gasteiger charge is -2.09. The first-order valence-corrected chi connectivity index (χ1v) is 9.48. The Kier molecular flexibility index (Phi) is 6.12. The molecule has 1 unspecified atom stereocenters. The highest BCUT2D eigenvalue weighted by atomic mass is 32.1. The van der Waals surface area contributed by atoms with E-state index >= 15 is 0 Å². The van der Waals surface area contributed by atoms with Crippen LogP contribution in [0.1, 0.15) is 23.1 Å². The molecule has 0 radical (unpaired) electrons. The highest BCUT2D eigenvalue weighted by Crippen LogP contribution is 2.21. The number of ether oxygens (including phenoxy) is 1. The average Bonchev–Trinajstić information content (AvgIpc) is 3.30. The Morgan fingerprint density at radius 2 is 2.19 bits per heavy atom. The molecule has 8 nitrogen and oxygen atoms in total. The molecule has 1 amide bonds. The maximum absolute atomic E-state index is 12.3. The summed E-state index contributed by atoms with van der Waals surface area (Å²) in [5.74, 6) is 0.501. The molecule has 2 aromatic heterocycles. The second-order valence-corrected chi connectivity index (χ2v) is 7.44. The maximum atomic E-state index is 12.3. The largest absolute Gasteiger partial charge is 0.493 e. The molecule has 0 aliphatic rings. The molecule has 2 heterocycles. The fourth-order valence-electron chi connectivity index (χ4n) is 2.44. The van der Waals surface area contributed by atoms with E-state index in [0.29, 0.717) is 24.7 Å². The van der Waals surface area contributed by atoms with Gasteiger partial charge in [-0.25, -0.2) is 4.98 Å². The van der Waals surface area contributed by atoms with E-state index in [9.17, 15) is 4.79 Å². The zero-order valence-electron chi connectivity index (χ0n) is 15.5. The molecule has 0 fully saturated rings. The number of aryl methyl sites for hydroxylation is 2. The van der Waals surface area contributed by atoms with Gasteiger partial charge >= 0.3 is 0 Å². The number of carbonyl (C=O) groups excluding carboxylic acids is 1. The van der Waals surface area contributed by atoms with Crippen molar-refractivity contribution in [2.24, 2.45) is 5.92 Å². The van der Waals surface area contributed by atoms with Gasteiger partial charge in [0.15, 0.2) is 0 Å².